The molecular formula is C24H32Cl2N6. The van der Waals surface area contributed by atoms with Crippen LogP contribution in [0.4, 0.5) is 5.82 Å². The van der Waals surface area contributed by atoms with Gasteiger partial charge in [-0.15, -0.1) is 0 Å². The van der Waals surface area contributed by atoms with Crippen molar-refractivity contribution in [2.75, 3.05) is 24.5 Å². The van der Waals surface area contributed by atoms with Gasteiger partial charge in [0.2, 0.25) is 0 Å². The number of hydrogen-bond donors (Lipinski definition) is 1. The number of halogens is 2. The van der Waals surface area contributed by atoms with Crippen LogP contribution in [0.25, 0.3) is 11.2 Å². The number of benzene rings is 1. The van der Waals surface area contributed by atoms with Gasteiger partial charge in [0.25, 0.3) is 0 Å². The lowest BCUT2D eigenvalue weighted by molar-refractivity contribution is 0.204. The second kappa shape index (κ2) is 9.94. The molecule has 0 spiro atoms. The van der Waals surface area contributed by atoms with Crippen molar-refractivity contribution in [2.24, 2.45) is 23.5 Å². The number of aromatic nitrogens is 4. The molecule has 8 heteroatoms. The largest absolute Gasteiger partial charge is 0.355 e. The summed E-state index contributed by atoms with van der Waals surface area (Å²) in [6, 6.07) is 5.54. The minimum atomic E-state index is 0.523. The van der Waals surface area contributed by atoms with Gasteiger partial charge in [-0.3, -0.25) is 0 Å². The Balaban J connectivity index is 1.55. The summed E-state index contributed by atoms with van der Waals surface area (Å²) in [6.45, 7) is 10.00. The van der Waals surface area contributed by atoms with Crippen molar-refractivity contribution in [1.82, 2.24) is 19.7 Å². The van der Waals surface area contributed by atoms with Gasteiger partial charge in [-0.05, 0) is 68.2 Å². The van der Waals surface area contributed by atoms with Crippen LogP contribution in [0.15, 0.2) is 24.4 Å². The van der Waals surface area contributed by atoms with Crippen molar-refractivity contribution in [1.29, 1.82) is 0 Å². The first-order valence-corrected chi connectivity index (χ1v) is 12.2. The number of anilines is 1. The maximum atomic E-state index is 6.40. The minimum Gasteiger partial charge on any atom is -0.355 e. The Morgan fingerprint density at radius 3 is 2.81 bits per heavy atom. The topological polar surface area (TPSA) is 72.9 Å². The molecule has 1 fully saturated rings. The quantitative estimate of drug-likeness (QED) is 0.500. The van der Waals surface area contributed by atoms with Gasteiger partial charge in [-0.25, -0.2) is 14.6 Å². The molecule has 0 saturated carbocycles. The zero-order valence-corrected chi connectivity index (χ0v) is 20.6. The van der Waals surface area contributed by atoms with Crippen molar-refractivity contribution >= 4 is 40.2 Å². The van der Waals surface area contributed by atoms with E-state index in [0.717, 1.165) is 60.2 Å². The molecule has 3 atom stereocenters. The van der Waals surface area contributed by atoms with Crippen LogP contribution in [-0.4, -0.2) is 39.4 Å². The maximum absolute atomic E-state index is 6.40. The highest BCUT2D eigenvalue weighted by atomic mass is 35.5. The first-order valence-electron chi connectivity index (χ1n) is 11.5. The highest BCUT2D eigenvalue weighted by Gasteiger charge is 2.30. The number of fused-ring (bicyclic) bond motifs is 1. The Morgan fingerprint density at radius 1 is 1.28 bits per heavy atom. The van der Waals surface area contributed by atoms with E-state index in [-0.39, 0.29) is 0 Å². The molecule has 4 rings (SSSR count). The van der Waals surface area contributed by atoms with Crippen molar-refractivity contribution in [3.63, 3.8) is 0 Å². The summed E-state index contributed by atoms with van der Waals surface area (Å²) in [7, 11) is 0. The van der Waals surface area contributed by atoms with Gasteiger partial charge in [0.1, 0.15) is 11.3 Å². The first-order chi connectivity index (χ1) is 15.4. The fraction of sp³-hybridized carbons (Fsp3) is 0.542. The van der Waals surface area contributed by atoms with Gasteiger partial charge in [0.15, 0.2) is 5.65 Å². The monoisotopic (exact) mass is 474 g/mol. The Kier molecular flexibility index (Phi) is 7.23. The molecule has 32 heavy (non-hydrogen) atoms. The predicted molar refractivity (Wildman–Crippen MR) is 133 cm³/mol. The lowest BCUT2D eigenvalue weighted by Crippen LogP contribution is -2.42. The predicted octanol–water partition coefficient (Wildman–Crippen LogP) is 5.33. The van der Waals surface area contributed by atoms with Gasteiger partial charge in [-0.2, -0.15) is 5.10 Å². The molecule has 0 aliphatic carbocycles. The number of rotatable bonds is 7. The molecule has 1 aromatic carbocycles. The molecule has 172 valence electrons. The fourth-order valence-corrected chi connectivity index (χ4v) is 5.49. The summed E-state index contributed by atoms with van der Waals surface area (Å²) < 4.78 is 1.89. The van der Waals surface area contributed by atoms with Gasteiger partial charge < -0.3 is 10.6 Å². The molecule has 0 radical (unpaired) electrons. The smallest absolute Gasteiger partial charge is 0.179 e. The molecule has 6 nitrogen and oxygen atoms in total. The molecular weight excluding hydrogens is 443 g/mol. The fourth-order valence-electron chi connectivity index (χ4n) is 5.03. The number of nitrogens with zero attached hydrogens (tertiary/aromatic N) is 5. The number of piperidine rings is 1. The second-order valence-corrected chi connectivity index (χ2v) is 10.0. The average molecular weight is 475 g/mol. The molecule has 1 saturated heterocycles. The molecule has 1 aliphatic heterocycles. The van der Waals surface area contributed by atoms with Crippen molar-refractivity contribution < 1.29 is 0 Å². The van der Waals surface area contributed by atoms with E-state index in [1.165, 1.54) is 12.8 Å². The van der Waals surface area contributed by atoms with Gasteiger partial charge in [-0.1, -0.05) is 43.1 Å². The van der Waals surface area contributed by atoms with Gasteiger partial charge in [0.05, 0.1) is 18.4 Å². The summed E-state index contributed by atoms with van der Waals surface area (Å²) in [6.07, 6.45) is 5.38. The molecule has 0 amide bonds. The summed E-state index contributed by atoms with van der Waals surface area (Å²) in [5.41, 5.74) is 9.16. The Morgan fingerprint density at radius 2 is 2.09 bits per heavy atom. The van der Waals surface area contributed by atoms with E-state index in [9.17, 15) is 0 Å². The van der Waals surface area contributed by atoms with Crippen LogP contribution in [0.2, 0.25) is 10.0 Å². The lowest BCUT2D eigenvalue weighted by Gasteiger charge is -2.40. The summed E-state index contributed by atoms with van der Waals surface area (Å²) in [5, 5.41) is 5.93. The van der Waals surface area contributed by atoms with E-state index in [4.69, 9.17) is 38.9 Å². The SMILES string of the molecule is Cc1nn(Cc2ccc(Cl)cc2Cl)c2nc(N3CCC(C(C)CCCN)C(C)C3)cnc12. The lowest BCUT2D eigenvalue weighted by atomic mass is 9.76. The van der Waals surface area contributed by atoms with Crippen LogP contribution >= 0.6 is 23.2 Å². The van der Waals surface area contributed by atoms with Gasteiger partial charge >= 0.3 is 0 Å². The van der Waals surface area contributed by atoms with E-state index in [2.05, 4.69) is 23.8 Å². The van der Waals surface area contributed by atoms with E-state index in [1.54, 1.807) is 6.07 Å². The normalized spacial score (nSPS) is 20.1. The molecule has 3 unspecified atom stereocenters. The maximum Gasteiger partial charge on any atom is 0.179 e. The van der Waals surface area contributed by atoms with Crippen LogP contribution in [0.1, 0.15) is 44.4 Å². The van der Waals surface area contributed by atoms with Crippen LogP contribution in [0.3, 0.4) is 0 Å². The number of aryl methyl sites for hydroxylation is 1. The van der Waals surface area contributed by atoms with E-state index >= 15 is 0 Å². The molecule has 0 bridgehead atoms. The summed E-state index contributed by atoms with van der Waals surface area (Å²) in [5.74, 6) is 2.96. The zero-order valence-electron chi connectivity index (χ0n) is 19.1. The number of nitrogens with two attached hydrogens (primary N) is 1. The highest BCUT2D eigenvalue weighted by Crippen LogP contribution is 2.34. The highest BCUT2D eigenvalue weighted by molar-refractivity contribution is 6.35. The van der Waals surface area contributed by atoms with Gasteiger partial charge in [0, 0.05) is 23.1 Å². The number of hydrogen-bond acceptors (Lipinski definition) is 5. The third-order valence-electron chi connectivity index (χ3n) is 6.82. The standard InChI is InChI=1S/C24H32Cl2N6/c1-15(5-4-9-27)20-8-10-31(13-16(20)2)22-12-28-23-17(3)30-32(24(23)29-22)14-18-6-7-19(25)11-21(18)26/h6-7,11-12,15-16,20H,4-5,8-10,13-14,27H2,1-3H3. The average Bonchev–Trinajstić information content (AvgIpc) is 3.08. The Bertz CT molecular complexity index is 1080. The van der Waals surface area contributed by atoms with Crippen LogP contribution < -0.4 is 10.6 Å². The van der Waals surface area contributed by atoms with E-state index in [1.807, 2.05) is 29.9 Å². The summed E-state index contributed by atoms with van der Waals surface area (Å²) in [4.78, 5) is 12.1. The Labute approximate surface area is 200 Å². The molecule has 2 N–H and O–H groups in total. The van der Waals surface area contributed by atoms with Crippen LogP contribution in [-0.2, 0) is 6.54 Å². The Hall–Kier alpha value is -1.89. The molecule has 1 aliphatic rings. The third-order valence-corrected chi connectivity index (χ3v) is 7.41. The second-order valence-electron chi connectivity index (χ2n) is 9.16. The van der Waals surface area contributed by atoms with E-state index in [0.29, 0.717) is 28.4 Å². The van der Waals surface area contributed by atoms with Crippen molar-refractivity contribution in [3.8, 4) is 0 Å². The molecule has 2 aromatic heterocycles. The zero-order chi connectivity index (χ0) is 22.8. The van der Waals surface area contributed by atoms with Crippen molar-refractivity contribution in [3.05, 3.63) is 45.7 Å². The van der Waals surface area contributed by atoms with Crippen LogP contribution in [0.5, 0.6) is 0 Å². The molecule has 3 aromatic rings. The van der Waals surface area contributed by atoms with Crippen molar-refractivity contribution in [2.45, 2.75) is 46.6 Å². The minimum absolute atomic E-state index is 0.523. The first kappa shape index (κ1) is 23.3. The van der Waals surface area contributed by atoms with Crippen LogP contribution in [0, 0.1) is 24.7 Å². The third kappa shape index (κ3) is 4.87. The molecule has 3 heterocycles. The summed E-state index contributed by atoms with van der Waals surface area (Å²) >= 11 is 12.5. The van der Waals surface area contributed by atoms with E-state index < -0.39 is 0 Å².